The topological polar surface area (TPSA) is 75.4 Å². The van der Waals surface area contributed by atoms with Crippen LogP contribution in [-0.2, 0) is 11.3 Å². The van der Waals surface area contributed by atoms with Crippen LogP contribution in [0.3, 0.4) is 0 Å². The summed E-state index contributed by atoms with van der Waals surface area (Å²) in [5.74, 6) is -0.457. The summed E-state index contributed by atoms with van der Waals surface area (Å²) in [6.45, 7) is 0.150. The first-order chi connectivity index (χ1) is 15.1. The summed E-state index contributed by atoms with van der Waals surface area (Å²) in [6, 6.07) is 13.4. The maximum Gasteiger partial charge on any atom is 0.290 e. The Morgan fingerprint density at radius 2 is 1.94 bits per heavy atom. The summed E-state index contributed by atoms with van der Waals surface area (Å²) in [7, 11) is 0. The summed E-state index contributed by atoms with van der Waals surface area (Å²) in [5, 5.41) is 3.66. The third-order valence-electron chi connectivity index (χ3n) is 5.55. The molecule has 0 unspecified atom stereocenters. The number of hydrogen-bond acceptors (Lipinski definition) is 4. The fraction of sp³-hybridized carbons (Fsp3) is 0.292. The van der Waals surface area contributed by atoms with Gasteiger partial charge in [0.1, 0.15) is 6.04 Å². The standard InChI is InChI=1S/C24H24ClN3O3/c25-20-11-4-1-7-18(20)16-28(24(30)21-12-6-14-31-21)22(17-8-5-13-26-15-17)23(29)27-19-9-2-3-10-19/h1,4-8,11-15,19,22H,2-3,9-10,16H2,(H,27,29)/t22-/m0/s1. The highest BCUT2D eigenvalue weighted by atomic mass is 35.5. The molecule has 1 aromatic carbocycles. The fourth-order valence-corrected chi connectivity index (χ4v) is 4.19. The van der Waals surface area contributed by atoms with E-state index < -0.39 is 6.04 Å². The van der Waals surface area contributed by atoms with Gasteiger partial charge in [-0.05, 0) is 42.7 Å². The van der Waals surface area contributed by atoms with Crippen LogP contribution in [0.25, 0.3) is 0 Å². The van der Waals surface area contributed by atoms with Crippen molar-refractivity contribution >= 4 is 23.4 Å². The van der Waals surface area contributed by atoms with Gasteiger partial charge < -0.3 is 14.6 Å². The van der Waals surface area contributed by atoms with Crippen LogP contribution in [0.5, 0.6) is 0 Å². The zero-order chi connectivity index (χ0) is 21.6. The van der Waals surface area contributed by atoms with Gasteiger partial charge in [0.05, 0.1) is 6.26 Å². The fourth-order valence-electron chi connectivity index (χ4n) is 3.99. The molecular formula is C24H24ClN3O3. The van der Waals surface area contributed by atoms with Crippen LogP contribution < -0.4 is 5.32 Å². The maximum atomic E-state index is 13.5. The summed E-state index contributed by atoms with van der Waals surface area (Å²) >= 11 is 6.39. The molecule has 1 aliphatic rings. The highest BCUT2D eigenvalue weighted by molar-refractivity contribution is 6.31. The molecule has 0 radical (unpaired) electrons. The van der Waals surface area contributed by atoms with Gasteiger partial charge in [0.15, 0.2) is 5.76 Å². The van der Waals surface area contributed by atoms with Crippen LogP contribution in [0.1, 0.15) is 53.4 Å². The SMILES string of the molecule is O=C(NC1CCCC1)[C@H](c1cccnc1)N(Cc1ccccc1Cl)C(=O)c1ccco1. The molecule has 4 rings (SSSR count). The molecule has 2 aromatic heterocycles. The second kappa shape index (κ2) is 9.79. The van der Waals surface area contributed by atoms with Gasteiger partial charge in [0.2, 0.25) is 5.91 Å². The summed E-state index contributed by atoms with van der Waals surface area (Å²) in [5.41, 5.74) is 1.37. The monoisotopic (exact) mass is 437 g/mol. The predicted molar refractivity (Wildman–Crippen MR) is 117 cm³/mol. The zero-order valence-electron chi connectivity index (χ0n) is 17.0. The number of aromatic nitrogens is 1. The zero-order valence-corrected chi connectivity index (χ0v) is 17.8. The first-order valence-electron chi connectivity index (χ1n) is 10.4. The van der Waals surface area contributed by atoms with Crippen LogP contribution in [0.15, 0.2) is 71.6 Å². The molecule has 2 amide bonds. The third kappa shape index (κ3) is 4.97. The summed E-state index contributed by atoms with van der Waals surface area (Å²) < 4.78 is 5.37. The molecule has 2 heterocycles. The van der Waals surface area contributed by atoms with Crippen molar-refractivity contribution in [1.82, 2.24) is 15.2 Å². The maximum absolute atomic E-state index is 13.5. The number of nitrogens with zero attached hydrogens (tertiary/aromatic N) is 2. The minimum Gasteiger partial charge on any atom is -0.459 e. The lowest BCUT2D eigenvalue weighted by atomic mass is 10.0. The lowest BCUT2D eigenvalue weighted by Gasteiger charge is -2.31. The van der Waals surface area contributed by atoms with Gasteiger partial charge in [-0.15, -0.1) is 0 Å². The highest BCUT2D eigenvalue weighted by Crippen LogP contribution is 2.29. The molecule has 0 bridgehead atoms. The van der Waals surface area contributed by atoms with E-state index in [-0.39, 0.29) is 30.2 Å². The number of rotatable bonds is 7. The van der Waals surface area contributed by atoms with Crippen molar-refractivity contribution < 1.29 is 14.0 Å². The second-order valence-electron chi connectivity index (χ2n) is 7.68. The molecule has 0 spiro atoms. The Hall–Kier alpha value is -3.12. The van der Waals surface area contributed by atoms with Gasteiger partial charge in [0, 0.05) is 35.6 Å². The predicted octanol–water partition coefficient (Wildman–Crippen LogP) is 4.77. The average Bonchev–Trinajstić information content (AvgIpc) is 3.49. The van der Waals surface area contributed by atoms with Gasteiger partial charge in [-0.2, -0.15) is 0 Å². The van der Waals surface area contributed by atoms with E-state index >= 15 is 0 Å². The summed E-state index contributed by atoms with van der Waals surface area (Å²) in [4.78, 5) is 32.6. The largest absolute Gasteiger partial charge is 0.459 e. The average molecular weight is 438 g/mol. The smallest absolute Gasteiger partial charge is 0.290 e. The Bertz CT molecular complexity index is 1020. The first kappa shape index (κ1) is 21.1. The van der Waals surface area contributed by atoms with E-state index in [9.17, 15) is 9.59 Å². The van der Waals surface area contributed by atoms with Gasteiger partial charge in [0.25, 0.3) is 5.91 Å². The van der Waals surface area contributed by atoms with Gasteiger partial charge in [-0.25, -0.2) is 0 Å². The molecule has 1 atom stereocenters. The van der Waals surface area contributed by atoms with Crippen molar-refractivity contribution in [3.8, 4) is 0 Å². The van der Waals surface area contributed by atoms with Gasteiger partial charge in [-0.3, -0.25) is 14.6 Å². The Morgan fingerprint density at radius 1 is 1.13 bits per heavy atom. The number of hydrogen-bond donors (Lipinski definition) is 1. The quantitative estimate of drug-likeness (QED) is 0.577. The van der Waals surface area contributed by atoms with Crippen LogP contribution in [0.2, 0.25) is 5.02 Å². The van der Waals surface area contributed by atoms with Crippen molar-refractivity contribution in [2.45, 2.75) is 44.3 Å². The van der Waals surface area contributed by atoms with Gasteiger partial charge >= 0.3 is 0 Å². The van der Waals surface area contributed by atoms with Crippen LogP contribution in [0, 0.1) is 0 Å². The molecule has 0 saturated heterocycles. The molecule has 6 nitrogen and oxygen atoms in total. The molecule has 7 heteroatoms. The molecule has 1 aliphatic carbocycles. The molecular weight excluding hydrogens is 414 g/mol. The highest BCUT2D eigenvalue weighted by Gasteiger charge is 2.35. The number of pyridine rings is 1. The number of carbonyl (C=O) groups is 2. The van der Waals surface area contributed by atoms with Crippen molar-refractivity contribution in [1.29, 1.82) is 0 Å². The number of carbonyl (C=O) groups excluding carboxylic acids is 2. The molecule has 31 heavy (non-hydrogen) atoms. The van der Waals surface area contributed by atoms with Crippen molar-refractivity contribution in [3.05, 3.63) is 89.1 Å². The Morgan fingerprint density at radius 3 is 2.61 bits per heavy atom. The van der Waals surface area contributed by atoms with E-state index in [1.807, 2.05) is 18.2 Å². The number of benzene rings is 1. The molecule has 1 saturated carbocycles. The van der Waals surface area contributed by atoms with E-state index in [1.54, 1.807) is 42.7 Å². The third-order valence-corrected chi connectivity index (χ3v) is 5.92. The van der Waals surface area contributed by atoms with Crippen molar-refractivity contribution in [3.63, 3.8) is 0 Å². The van der Waals surface area contributed by atoms with E-state index in [0.717, 1.165) is 31.2 Å². The molecule has 1 N–H and O–H groups in total. The molecule has 3 aromatic rings. The minimum atomic E-state index is -0.872. The van der Waals surface area contributed by atoms with E-state index in [0.29, 0.717) is 10.6 Å². The number of halogens is 1. The van der Waals surface area contributed by atoms with E-state index in [4.69, 9.17) is 16.0 Å². The Labute approximate surface area is 186 Å². The normalized spacial score (nSPS) is 14.9. The lowest BCUT2D eigenvalue weighted by molar-refractivity contribution is -0.126. The second-order valence-corrected chi connectivity index (χ2v) is 8.09. The Kier molecular flexibility index (Phi) is 6.67. The van der Waals surface area contributed by atoms with Crippen molar-refractivity contribution in [2.75, 3.05) is 0 Å². The molecule has 1 fully saturated rings. The first-order valence-corrected chi connectivity index (χ1v) is 10.8. The number of nitrogens with one attached hydrogen (secondary N) is 1. The minimum absolute atomic E-state index is 0.118. The number of amides is 2. The Balaban J connectivity index is 1.73. The van der Waals surface area contributed by atoms with Gasteiger partial charge in [-0.1, -0.05) is 48.7 Å². The van der Waals surface area contributed by atoms with E-state index in [1.165, 1.54) is 11.2 Å². The van der Waals surface area contributed by atoms with Crippen LogP contribution >= 0.6 is 11.6 Å². The van der Waals surface area contributed by atoms with E-state index in [2.05, 4.69) is 10.3 Å². The molecule has 0 aliphatic heterocycles. The van der Waals surface area contributed by atoms with Crippen LogP contribution in [-0.4, -0.2) is 27.7 Å². The molecule has 160 valence electrons. The number of furan rings is 1. The summed E-state index contributed by atoms with van der Waals surface area (Å²) in [6.07, 6.45) is 8.79. The van der Waals surface area contributed by atoms with Crippen molar-refractivity contribution in [2.24, 2.45) is 0 Å². The van der Waals surface area contributed by atoms with Crippen LogP contribution in [0.4, 0.5) is 0 Å². The lowest BCUT2D eigenvalue weighted by Crippen LogP contribution is -2.45.